The molecule has 240 valence electrons. The van der Waals surface area contributed by atoms with E-state index in [9.17, 15) is 38.2 Å². The summed E-state index contributed by atoms with van der Waals surface area (Å²) in [5.41, 5.74) is 0. The molecule has 0 bridgehead atoms. The molecule has 17 nitrogen and oxygen atoms in total. The van der Waals surface area contributed by atoms with Crippen LogP contribution in [0.5, 0.6) is 0 Å². The molecule has 0 aromatic carbocycles. The monoisotopic (exact) mass is 643 g/mol. The highest BCUT2D eigenvalue weighted by atomic mass is 32.2. The van der Waals surface area contributed by atoms with E-state index in [-0.39, 0.29) is 75.5 Å². The Morgan fingerprint density at radius 1 is 1.02 bits per heavy atom. The molecule has 3 N–H and O–H groups in total. The maximum atomic E-state index is 12.4. The molecule has 0 radical (unpaired) electrons. The fraction of sp³-hybridized carbons (Fsp3) is 0.739. The number of nitrogens with zero attached hydrogens (tertiary/aromatic N) is 1. The van der Waals surface area contributed by atoms with Crippen LogP contribution in [0, 0.1) is 0 Å². The number of hydrogen-bond acceptors (Lipinski definition) is 14. The quantitative estimate of drug-likeness (QED) is 0.0511. The van der Waals surface area contributed by atoms with Crippen molar-refractivity contribution in [2.24, 2.45) is 0 Å². The van der Waals surface area contributed by atoms with Crippen molar-refractivity contribution in [2.75, 3.05) is 58.5 Å². The number of carbonyl (C=O) groups excluding carboxylic acids is 6. The molecule has 1 heterocycles. The van der Waals surface area contributed by atoms with Crippen molar-refractivity contribution in [3.8, 4) is 0 Å². The number of esters is 2. The van der Waals surface area contributed by atoms with Crippen molar-refractivity contribution in [3.63, 3.8) is 0 Å². The normalized spacial score (nSPS) is 17.0. The number of hydrogen-bond donors (Lipinski definition) is 3. The fourth-order valence-corrected chi connectivity index (χ4v) is 4.87. The number of imide groups is 1. The number of phosphoric acid groups is 1. The van der Waals surface area contributed by atoms with E-state index in [1.807, 2.05) is 13.8 Å². The molecule has 42 heavy (non-hydrogen) atoms. The van der Waals surface area contributed by atoms with Gasteiger partial charge >= 0.3 is 25.9 Å². The molecule has 1 aliphatic rings. The van der Waals surface area contributed by atoms with E-state index in [2.05, 4.69) is 15.4 Å². The zero-order chi connectivity index (χ0) is 31.7. The Morgan fingerprint density at radius 3 is 2.38 bits per heavy atom. The van der Waals surface area contributed by atoms with E-state index in [0.717, 1.165) is 30.5 Å². The lowest BCUT2D eigenvalue weighted by atomic mass is 10.4. The van der Waals surface area contributed by atoms with Crippen molar-refractivity contribution in [1.82, 2.24) is 15.5 Å². The van der Waals surface area contributed by atoms with E-state index in [1.54, 1.807) is 0 Å². The van der Waals surface area contributed by atoms with E-state index in [0.29, 0.717) is 0 Å². The Kier molecular flexibility index (Phi) is 17.2. The molecule has 19 heteroatoms. The summed E-state index contributed by atoms with van der Waals surface area (Å²) in [5.74, 6) is -2.24. The molecule has 0 aliphatic carbocycles. The van der Waals surface area contributed by atoms with Gasteiger partial charge in [0, 0.05) is 32.9 Å². The summed E-state index contributed by atoms with van der Waals surface area (Å²) in [5, 5.41) is 4.37. The van der Waals surface area contributed by atoms with Crippen molar-refractivity contribution in [2.45, 2.75) is 51.5 Å². The number of alkyl carbamates (subject to hydrolysis) is 1. The van der Waals surface area contributed by atoms with Crippen molar-refractivity contribution in [3.05, 3.63) is 0 Å². The largest absolute Gasteiger partial charge is 0.472 e. The third-order valence-corrected chi connectivity index (χ3v) is 7.03. The molecule has 2 unspecified atom stereocenters. The lowest BCUT2D eigenvalue weighted by molar-refractivity contribution is -0.158. The topological polar surface area (TPSA) is 222 Å². The van der Waals surface area contributed by atoms with Crippen LogP contribution in [0.15, 0.2) is 0 Å². The van der Waals surface area contributed by atoms with Gasteiger partial charge in [-0.1, -0.05) is 0 Å². The van der Waals surface area contributed by atoms with Crippen LogP contribution in [0.4, 0.5) is 4.79 Å². The molecule has 3 atom stereocenters. The van der Waals surface area contributed by atoms with Crippen LogP contribution in [0.2, 0.25) is 0 Å². The van der Waals surface area contributed by atoms with Gasteiger partial charge in [0.1, 0.15) is 13.2 Å². The summed E-state index contributed by atoms with van der Waals surface area (Å²) in [6.45, 7) is 4.11. The fourth-order valence-electron chi connectivity index (χ4n) is 3.15. The Bertz CT molecular complexity index is 997. The predicted molar refractivity (Wildman–Crippen MR) is 145 cm³/mol. The Balaban J connectivity index is 2.18. The number of nitrogens with one attached hydrogen (secondary N) is 2. The van der Waals surface area contributed by atoms with Gasteiger partial charge in [-0.15, -0.1) is 11.8 Å². The molecule has 1 saturated heterocycles. The molecule has 0 spiro atoms. The van der Waals surface area contributed by atoms with Crippen molar-refractivity contribution >= 4 is 55.3 Å². The van der Waals surface area contributed by atoms with E-state index in [4.69, 9.17) is 23.3 Å². The highest BCUT2D eigenvalue weighted by molar-refractivity contribution is 8.01. The zero-order valence-corrected chi connectivity index (χ0v) is 25.6. The second-order valence-corrected chi connectivity index (χ2v) is 11.6. The van der Waals surface area contributed by atoms with Gasteiger partial charge < -0.3 is 34.5 Å². The number of thioether (sulfide) groups is 1. The van der Waals surface area contributed by atoms with Crippen LogP contribution < -0.4 is 10.6 Å². The van der Waals surface area contributed by atoms with Crippen LogP contribution in [-0.2, 0) is 56.5 Å². The first-order valence-corrected chi connectivity index (χ1v) is 15.4. The number of phosphoric ester groups is 1. The molecule has 0 saturated carbocycles. The van der Waals surface area contributed by atoms with E-state index in [1.165, 1.54) is 0 Å². The molecule has 1 rings (SSSR count). The van der Waals surface area contributed by atoms with Crippen LogP contribution in [0.1, 0.15) is 34.1 Å². The van der Waals surface area contributed by atoms with Gasteiger partial charge in [-0.2, -0.15) is 0 Å². The third kappa shape index (κ3) is 16.6. The Morgan fingerprint density at radius 2 is 1.74 bits per heavy atom. The van der Waals surface area contributed by atoms with E-state index < -0.39 is 50.4 Å². The van der Waals surface area contributed by atoms with Crippen molar-refractivity contribution in [1.29, 1.82) is 0 Å². The number of amides is 4. The highest BCUT2D eigenvalue weighted by Gasteiger charge is 2.38. The average Bonchev–Trinajstić information content (AvgIpc) is 3.15. The Hall–Kier alpha value is -2.76. The minimum atomic E-state index is -4.58. The van der Waals surface area contributed by atoms with Gasteiger partial charge in [-0.25, -0.2) is 9.36 Å². The Labute approximate surface area is 247 Å². The van der Waals surface area contributed by atoms with Crippen molar-refractivity contribution < 1.29 is 66.2 Å². The lowest BCUT2D eigenvalue weighted by Crippen LogP contribution is -2.35. The number of likely N-dealkylation sites (tertiary alicyclic amines) is 1. The average molecular weight is 644 g/mol. The number of ether oxygens (including phenoxy) is 4. The molecule has 1 fully saturated rings. The van der Waals surface area contributed by atoms with Crippen LogP contribution in [0.25, 0.3) is 0 Å². The second-order valence-electron chi connectivity index (χ2n) is 8.92. The summed E-state index contributed by atoms with van der Waals surface area (Å²) in [6.07, 6.45) is -1.99. The van der Waals surface area contributed by atoms with Crippen LogP contribution in [0.3, 0.4) is 0 Å². The molecule has 4 amide bonds. The smallest absolute Gasteiger partial charge is 0.462 e. The standard InChI is InChI=1S/C23H38N3O14PS/c1-15(2)25-20(29)14-42-19-11-21(30)26(22(19)31)6-8-35-9-10-36-23(32)24-5-7-38-41(33,34)39-13-18(40-17(4)28)12-37-16(3)27/h15,18-19H,5-14H2,1-4H3,(H,24,32)(H,25,29)(H,33,34)/t18-,19?/m1/s1. The predicted octanol–water partition coefficient (Wildman–Crippen LogP) is -0.257. The SMILES string of the molecule is CC(=O)OC[C@H](COP(=O)(O)OCCNC(=O)OCCOCCN1C(=O)CC(SCC(=O)NC(C)C)C1=O)OC(C)=O. The zero-order valence-electron chi connectivity index (χ0n) is 23.9. The maximum absolute atomic E-state index is 12.4. The first-order valence-electron chi connectivity index (χ1n) is 12.9. The maximum Gasteiger partial charge on any atom is 0.472 e. The van der Waals surface area contributed by atoms with Gasteiger partial charge in [0.05, 0.1) is 44.0 Å². The third-order valence-electron chi connectivity index (χ3n) is 4.84. The summed E-state index contributed by atoms with van der Waals surface area (Å²) in [6, 6.07) is -0.0217. The van der Waals surface area contributed by atoms with Gasteiger partial charge in [0.2, 0.25) is 17.7 Å². The van der Waals surface area contributed by atoms with Gasteiger partial charge in [-0.3, -0.25) is 37.9 Å². The minimum Gasteiger partial charge on any atom is -0.462 e. The molecular weight excluding hydrogens is 605 g/mol. The summed E-state index contributed by atoms with van der Waals surface area (Å²) < 4.78 is 41.1. The lowest BCUT2D eigenvalue weighted by Gasteiger charge is -2.18. The van der Waals surface area contributed by atoms with Gasteiger partial charge in [-0.05, 0) is 13.8 Å². The first kappa shape index (κ1) is 37.3. The molecular formula is C23H38N3O14PS. The van der Waals surface area contributed by atoms with Gasteiger partial charge in [0.25, 0.3) is 0 Å². The van der Waals surface area contributed by atoms with Crippen LogP contribution >= 0.6 is 19.6 Å². The van der Waals surface area contributed by atoms with E-state index >= 15 is 0 Å². The van der Waals surface area contributed by atoms with Crippen LogP contribution in [-0.4, -0.2) is 121 Å². The first-order chi connectivity index (χ1) is 19.7. The molecule has 1 aliphatic heterocycles. The second kappa shape index (κ2) is 19.4. The number of rotatable bonds is 20. The molecule has 0 aromatic heterocycles. The highest BCUT2D eigenvalue weighted by Crippen LogP contribution is 2.43. The molecule has 0 aromatic rings. The summed E-state index contributed by atoms with van der Waals surface area (Å²) in [4.78, 5) is 80.8. The van der Waals surface area contributed by atoms with Gasteiger partial charge in [0.15, 0.2) is 6.10 Å². The minimum absolute atomic E-state index is 0.00813. The number of carbonyl (C=O) groups is 6. The summed E-state index contributed by atoms with van der Waals surface area (Å²) >= 11 is 1.11. The summed E-state index contributed by atoms with van der Waals surface area (Å²) in [7, 11) is -4.58.